The molecule has 8 heteroatoms. The van der Waals surface area contributed by atoms with Crippen LogP contribution in [0.4, 0.5) is 0 Å². The van der Waals surface area contributed by atoms with Gasteiger partial charge in [0.25, 0.3) is 0 Å². The highest BCUT2D eigenvalue weighted by Gasteiger charge is 2.36. The molecule has 1 aliphatic carbocycles. The lowest BCUT2D eigenvalue weighted by Crippen LogP contribution is -2.40. The number of hydrogen-bond donors (Lipinski definition) is 2. The Morgan fingerprint density at radius 1 is 1.30 bits per heavy atom. The molecule has 0 amide bonds. The third-order valence-corrected chi connectivity index (χ3v) is 6.28. The van der Waals surface area contributed by atoms with Crippen LogP contribution in [-0.4, -0.2) is 25.5 Å². The van der Waals surface area contributed by atoms with Crippen molar-refractivity contribution in [1.29, 1.82) is 0 Å². The molecule has 0 heterocycles. The van der Waals surface area contributed by atoms with Crippen molar-refractivity contribution < 1.29 is 18.3 Å². The van der Waals surface area contributed by atoms with Crippen molar-refractivity contribution in [3.05, 3.63) is 27.1 Å². The standard InChI is InChI=1S/C12H13Br2NO4S/c13-7-4-5-11(9(14)6-7)20(18,19)15-10-3-1-2-8(10)12(16)17/h4-6,8,10,15H,1-3H2,(H,16,17). The zero-order chi connectivity index (χ0) is 14.9. The molecule has 0 radical (unpaired) electrons. The SMILES string of the molecule is O=C(O)C1CCCC1NS(=O)(=O)c1ccc(Br)cc1Br. The second kappa shape index (κ2) is 6.13. The summed E-state index contributed by atoms with van der Waals surface area (Å²) in [6.45, 7) is 0. The van der Waals surface area contributed by atoms with Crippen LogP contribution in [0, 0.1) is 5.92 Å². The molecule has 20 heavy (non-hydrogen) atoms. The van der Waals surface area contributed by atoms with E-state index in [1.165, 1.54) is 6.07 Å². The molecule has 1 aliphatic rings. The van der Waals surface area contributed by atoms with Crippen molar-refractivity contribution in [2.75, 3.05) is 0 Å². The first kappa shape index (κ1) is 15.9. The Bertz CT molecular complexity index is 632. The van der Waals surface area contributed by atoms with E-state index in [9.17, 15) is 13.2 Å². The summed E-state index contributed by atoms with van der Waals surface area (Å²) in [5.41, 5.74) is 0. The minimum Gasteiger partial charge on any atom is -0.481 e. The Kier molecular flexibility index (Phi) is 4.88. The quantitative estimate of drug-likeness (QED) is 0.775. The topological polar surface area (TPSA) is 83.5 Å². The van der Waals surface area contributed by atoms with Crippen molar-refractivity contribution in [3.8, 4) is 0 Å². The molecule has 1 fully saturated rings. The Hall–Kier alpha value is -0.440. The van der Waals surface area contributed by atoms with Crippen molar-refractivity contribution in [2.24, 2.45) is 5.92 Å². The molecule has 0 aromatic heterocycles. The van der Waals surface area contributed by atoms with Crippen molar-refractivity contribution in [3.63, 3.8) is 0 Å². The van der Waals surface area contributed by atoms with Gasteiger partial charge < -0.3 is 5.11 Å². The van der Waals surface area contributed by atoms with Crippen LogP contribution in [0.3, 0.4) is 0 Å². The van der Waals surface area contributed by atoms with E-state index in [0.29, 0.717) is 23.7 Å². The van der Waals surface area contributed by atoms with Gasteiger partial charge in [0, 0.05) is 15.0 Å². The van der Waals surface area contributed by atoms with E-state index < -0.39 is 28.0 Å². The van der Waals surface area contributed by atoms with Gasteiger partial charge in [0.1, 0.15) is 0 Å². The summed E-state index contributed by atoms with van der Waals surface area (Å²) in [7, 11) is -3.74. The summed E-state index contributed by atoms with van der Waals surface area (Å²) >= 11 is 6.47. The fourth-order valence-corrected chi connectivity index (χ4v) is 5.41. The van der Waals surface area contributed by atoms with E-state index in [2.05, 4.69) is 36.6 Å². The zero-order valence-electron chi connectivity index (χ0n) is 10.3. The second-order valence-electron chi connectivity index (χ2n) is 4.68. The molecular formula is C12H13Br2NO4S. The van der Waals surface area contributed by atoms with Crippen LogP contribution in [0.5, 0.6) is 0 Å². The number of sulfonamides is 1. The average Bonchev–Trinajstić information content (AvgIpc) is 2.75. The van der Waals surface area contributed by atoms with Gasteiger partial charge in [-0.25, -0.2) is 13.1 Å². The number of carbonyl (C=O) groups is 1. The maximum absolute atomic E-state index is 12.3. The predicted molar refractivity (Wildman–Crippen MR) is 80.9 cm³/mol. The summed E-state index contributed by atoms with van der Waals surface area (Å²) < 4.78 is 28.4. The van der Waals surface area contributed by atoms with Crippen LogP contribution in [0.25, 0.3) is 0 Å². The Labute approximate surface area is 134 Å². The summed E-state index contributed by atoms with van der Waals surface area (Å²) in [5, 5.41) is 9.09. The van der Waals surface area contributed by atoms with Crippen LogP contribution < -0.4 is 4.72 Å². The van der Waals surface area contributed by atoms with E-state index in [4.69, 9.17) is 5.11 Å². The van der Waals surface area contributed by atoms with E-state index in [1.54, 1.807) is 12.1 Å². The van der Waals surface area contributed by atoms with Crippen LogP contribution in [0.2, 0.25) is 0 Å². The fraction of sp³-hybridized carbons (Fsp3) is 0.417. The number of aliphatic carboxylic acids is 1. The number of benzene rings is 1. The highest BCUT2D eigenvalue weighted by Crippen LogP contribution is 2.30. The minimum absolute atomic E-state index is 0.108. The van der Waals surface area contributed by atoms with Crippen LogP contribution in [0.1, 0.15) is 19.3 Å². The molecule has 2 unspecified atom stereocenters. The molecule has 0 aliphatic heterocycles. The summed E-state index contributed by atoms with van der Waals surface area (Å²) in [4.78, 5) is 11.2. The van der Waals surface area contributed by atoms with Gasteiger partial charge in [-0.05, 0) is 47.0 Å². The van der Waals surface area contributed by atoms with Gasteiger partial charge in [-0.2, -0.15) is 0 Å². The van der Waals surface area contributed by atoms with E-state index >= 15 is 0 Å². The maximum Gasteiger partial charge on any atom is 0.308 e. The number of halogens is 2. The van der Waals surface area contributed by atoms with Gasteiger partial charge in [0.15, 0.2) is 0 Å². The average molecular weight is 427 g/mol. The van der Waals surface area contributed by atoms with Crippen LogP contribution in [0.15, 0.2) is 32.0 Å². The van der Waals surface area contributed by atoms with E-state index in [0.717, 1.165) is 4.47 Å². The van der Waals surface area contributed by atoms with E-state index in [1.807, 2.05) is 0 Å². The molecule has 0 spiro atoms. The highest BCUT2D eigenvalue weighted by molar-refractivity contribution is 9.11. The second-order valence-corrected chi connectivity index (χ2v) is 8.13. The first-order valence-electron chi connectivity index (χ1n) is 6.01. The first-order chi connectivity index (χ1) is 9.31. The number of nitrogens with one attached hydrogen (secondary N) is 1. The number of hydrogen-bond acceptors (Lipinski definition) is 3. The fourth-order valence-electron chi connectivity index (χ4n) is 2.35. The Morgan fingerprint density at radius 2 is 2.00 bits per heavy atom. The molecule has 1 aromatic carbocycles. The summed E-state index contributed by atoms with van der Waals surface area (Å²) in [6, 6.07) is 4.19. The molecule has 0 saturated heterocycles. The third kappa shape index (κ3) is 3.41. The van der Waals surface area contributed by atoms with Crippen LogP contribution in [-0.2, 0) is 14.8 Å². The number of rotatable bonds is 4. The van der Waals surface area contributed by atoms with E-state index in [-0.39, 0.29) is 4.90 Å². The number of carboxylic acids is 1. The van der Waals surface area contributed by atoms with Gasteiger partial charge in [-0.15, -0.1) is 0 Å². The van der Waals surface area contributed by atoms with Gasteiger partial charge in [-0.1, -0.05) is 22.4 Å². The Morgan fingerprint density at radius 3 is 2.60 bits per heavy atom. The first-order valence-corrected chi connectivity index (χ1v) is 9.08. The minimum atomic E-state index is -3.74. The van der Waals surface area contributed by atoms with Crippen LogP contribution >= 0.6 is 31.9 Å². The third-order valence-electron chi connectivity index (χ3n) is 3.32. The lowest BCUT2D eigenvalue weighted by Gasteiger charge is -2.18. The highest BCUT2D eigenvalue weighted by atomic mass is 79.9. The monoisotopic (exact) mass is 425 g/mol. The molecule has 5 nitrogen and oxygen atoms in total. The lowest BCUT2D eigenvalue weighted by molar-refractivity contribution is -0.141. The molecule has 2 rings (SSSR count). The summed E-state index contributed by atoms with van der Waals surface area (Å²) in [6.07, 6.45) is 1.76. The Balaban J connectivity index is 2.25. The van der Waals surface area contributed by atoms with Gasteiger partial charge >= 0.3 is 5.97 Å². The normalized spacial score (nSPS) is 22.9. The van der Waals surface area contributed by atoms with Gasteiger partial charge in [-0.3, -0.25) is 4.79 Å². The summed E-state index contributed by atoms with van der Waals surface area (Å²) in [5.74, 6) is -1.61. The van der Waals surface area contributed by atoms with Crippen molar-refractivity contribution in [2.45, 2.75) is 30.2 Å². The largest absolute Gasteiger partial charge is 0.481 e. The molecule has 1 saturated carbocycles. The van der Waals surface area contributed by atoms with Gasteiger partial charge in [0.2, 0.25) is 10.0 Å². The molecule has 1 aromatic rings. The smallest absolute Gasteiger partial charge is 0.308 e. The molecule has 0 bridgehead atoms. The molecule has 2 atom stereocenters. The predicted octanol–water partition coefficient (Wildman–Crippen LogP) is 2.74. The van der Waals surface area contributed by atoms with Gasteiger partial charge in [0.05, 0.1) is 10.8 Å². The van der Waals surface area contributed by atoms with Crippen molar-refractivity contribution in [1.82, 2.24) is 4.72 Å². The lowest BCUT2D eigenvalue weighted by atomic mass is 10.1. The number of carboxylic acid groups (broad SMARTS) is 1. The molecular weight excluding hydrogens is 414 g/mol. The zero-order valence-corrected chi connectivity index (χ0v) is 14.3. The molecule has 110 valence electrons. The molecule has 2 N–H and O–H groups in total. The van der Waals surface area contributed by atoms with Crippen molar-refractivity contribution >= 4 is 47.9 Å². The maximum atomic E-state index is 12.3.